The fraction of sp³-hybridized carbons (Fsp3) is 0.529. The molecule has 1 aliphatic heterocycles. The molecule has 0 saturated heterocycles. The van der Waals surface area contributed by atoms with Gasteiger partial charge < -0.3 is 15.4 Å². The maximum absolute atomic E-state index is 12.0. The minimum absolute atomic E-state index is 0.00292. The molecule has 0 bridgehead atoms. The van der Waals surface area contributed by atoms with Crippen molar-refractivity contribution < 1.29 is 14.3 Å². The summed E-state index contributed by atoms with van der Waals surface area (Å²) in [5, 5.41) is 5.78. The summed E-state index contributed by atoms with van der Waals surface area (Å²) in [5.41, 5.74) is 2.04. The van der Waals surface area contributed by atoms with E-state index in [1.54, 1.807) is 0 Å². The fourth-order valence-corrected chi connectivity index (χ4v) is 2.59. The molecular weight excluding hydrogens is 280 g/mol. The highest BCUT2D eigenvalue weighted by Crippen LogP contribution is 2.27. The Kier molecular flexibility index (Phi) is 6.40. The lowest BCUT2D eigenvalue weighted by atomic mass is 9.89. The summed E-state index contributed by atoms with van der Waals surface area (Å²) in [7, 11) is 0. The first-order valence-corrected chi connectivity index (χ1v) is 7.94. The highest BCUT2D eigenvalue weighted by Gasteiger charge is 2.26. The molecule has 1 heterocycles. The lowest BCUT2D eigenvalue weighted by molar-refractivity contribution is -0.122. The summed E-state index contributed by atoms with van der Waals surface area (Å²) >= 11 is 0. The molecule has 22 heavy (non-hydrogen) atoms. The Hall–Kier alpha value is -1.88. The van der Waals surface area contributed by atoms with Crippen molar-refractivity contribution in [2.75, 3.05) is 25.1 Å². The Morgan fingerprint density at radius 2 is 2.23 bits per heavy atom. The van der Waals surface area contributed by atoms with Crippen LogP contribution in [-0.4, -0.2) is 31.6 Å². The number of anilines is 1. The highest BCUT2D eigenvalue weighted by molar-refractivity contribution is 5.96. The molecule has 0 spiro atoms. The number of carbonyl (C=O) groups excluding carboxylic acids is 2. The lowest BCUT2D eigenvalue weighted by Crippen LogP contribution is -2.32. The smallest absolute Gasteiger partial charge is 0.227 e. The monoisotopic (exact) mass is 304 g/mol. The van der Waals surface area contributed by atoms with Crippen molar-refractivity contribution in [3.63, 3.8) is 0 Å². The molecule has 1 aromatic carbocycles. The van der Waals surface area contributed by atoms with Crippen LogP contribution in [0.1, 0.15) is 31.7 Å². The number of benzene rings is 1. The van der Waals surface area contributed by atoms with Crippen molar-refractivity contribution in [1.29, 1.82) is 0 Å². The van der Waals surface area contributed by atoms with Gasteiger partial charge in [0, 0.05) is 37.8 Å². The molecule has 1 unspecified atom stereocenters. The normalized spacial score (nSPS) is 16.8. The van der Waals surface area contributed by atoms with Crippen molar-refractivity contribution in [3.05, 3.63) is 29.8 Å². The average molecular weight is 304 g/mol. The predicted octanol–water partition coefficient (Wildman–Crippen LogP) is 2.12. The van der Waals surface area contributed by atoms with Crippen molar-refractivity contribution in [1.82, 2.24) is 5.32 Å². The third kappa shape index (κ3) is 4.84. The first-order chi connectivity index (χ1) is 10.7. The molecule has 2 N–H and O–H groups in total. The second-order valence-corrected chi connectivity index (χ2v) is 5.49. The number of fused-ring (bicyclic) bond motifs is 1. The number of carbonyl (C=O) groups is 2. The summed E-state index contributed by atoms with van der Waals surface area (Å²) in [5.74, 6) is -0.102. The van der Waals surface area contributed by atoms with E-state index in [9.17, 15) is 9.59 Å². The number of amides is 2. The molecule has 120 valence electrons. The minimum Gasteiger partial charge on any atom is -0.382 e. The van der Waals surface area contributed by atoms with Crippen LogP contribution in [0.4, 0.5) is 5.69 Å². The van der Waals surface area contributed by atoms with Crippen LogP contribution >= 0.6 is 0 Å². The lowest BCUT2D eigenvalue weighted by Gasteiger charge is -2.24. The highest BCUT2D eigenvalue weighted by atomic mass is 16.5. The second-order valence-electron chi connectivity index (χ2n) is 5.49. The number of para-hydroxylation sites is 1. The van der Waals surface area contributed by atoms with Crippen LogP contribution in [0.5, 0.6) is 0 Å². The average Bonchev–Trinajstić information content (AvgIpc) is 2.52. The van der Waals surface area contributed by atoms with Crippen LogP contribution in [0, 0.1) is 5.92 Å². The molecule has 0 saturated carbocycles. The van der Waals surface area contributed by atoms with Crippen LogP contribution in [0.25, 0.3) is 0 Å². The molecule has 0 radical (unpaired) electrons. The van der Waals surface area contributed by atoms with Gasteiger partial charge in [0.1, 0.15) is 0 Å². The zero-order valence-electron chi connectivity index (χ0n) is 13.1. The van der Waals surface area contributed by atoms with Gasteiger partial charge in [-0.2, -0.15) is 0 Å². The Labute approximate surface area is 131 Å². The van der Waals surface area contributed by atoms with Crippen LogP contribution in [-0.2, 0) is 20.7 Å². The zero-order chi connectivity index (χ0) is 15.8. The molecule has 1 aromatic rings. The molecular formula is C17H24N2O3. The quantitative estimate of drug-likeness (QED) is 0.723. The molecule has 5 nitrogen and oxygen atoms in total. The molecule has 0 aromatic heterocycles. The van der Waals surface area contributed by atoms with E-state index in [2.05, 4.69) is 10.6 Å². The summed E-state index contributed by atoms with van der Waals surface area (Å²) in [4.78, 5) is 23.8. The zero-order valence-corrected chi connectivity index (χ0v) is 13.1. The number of ether oxygens (including phenoxy) is 1. The van der Waals surface area contributed by atoms with E-state index in [0.717, 1.165) is 17.7 Å². The van der Waals surface area contributed by atoms with Crippen LogP contribution in [0.15, 0.2) is 24.3 Å². The third-order valence-electron chi connectivity index (χ3n) is 3.82. The van der Waals surface area contributed by atoms with Gasteiger partial charge >= 0.3 is 0 Å². The Morgan fingerprint density at radius 1 is 1.41 bits per heavy atom. The minimum atomic E-state index is -0.121. The Bertz CT molecular complexity index is 516. The summed E-state index contributed by atoms with van der Waals surface area (Å²) < 4.78 is 5.21. The van der Waals surface area contributed by atoms with Gasteiger partial charge in [-0.3, -0.25) is 9.59 Å². The van der Waals surface area contributed by atoms with Gasteiger partial charge in [-0.05, 0) is 37.8 Å². The number of rotatable bonds is 8. The van der Waals surface area contributed by atoms with Crippen LogP contribution in [0.2, 0.25) is 0 Å². The van der Waals surface area contributed by atoms with Gasteiger partial charge in [0.05, 0.1) is 0 Å². The third-order valence-corrected chi connectivity index (χ3v) is 3.82. The van der Waals surface area contributed by atoms with Crippen molar-refractivity contribution in [2.24, 2.45) is 5.92 Å². The van der Waals surface area contributed by atoms with Gasteiger partial charge in [-0.1, -0.05) is 18.2 Å². The largest absolute Gasteiger partial charge is 0.382 e. The molecule has 5 heteroatoms. The molecule has 2 amide bonds. The molecule has 1 atom stereocenters. The van der Waals surface area contributed by atoms with E-state index in [1.807, 2.05) is 31.2 Å². The Balaban J connectivity index is 1.71. The topological polar surface area (TPSA) is 67.4 Å². The summed E-state index contributed by atoms with van der Waals surface area (Å²) in [6.45, 7) is 3.94. The van der Waals surface area contributed by atoms with E-state index in [-0.39, 0.29) is 17.7 Å². The number of nitrogens with one attached hydrogen (secondary N) is 2. The standard InChI is InChI=1S/C17H24N2O3/c1-2-22-11-5-10-18-16(20)9-8-14-12-13-6-3-4-7-15(13)19-17(14)21/h3-4,6-7,14H,2,5,8-12H2,1H3,(H,18,20)(H,19,21). The van der Waals surface area contributed by atoms with E-state index in [4.69, 9.17) is 4.74 Å². The van der Waals surface area contributed by atoms with Gasteiger partial charge in [-0.15, -0.1) is 0 Å². The second kappa shape index (κ2) is 8.54. The first kappa shape index (κ1) is 16.5. The van der Waals surface area contributed by atoms with Gasteiger partial charge in [0.2, 0.25) is 11.8 Å². The molecule has 0 aliphatic carbocycles. The predicted molar refractivity (Wildman–Crippen MR) is 85.6 cm³/mol. The molecule has 2 rings (SSSR count). The van der Waals surface area contributed by atoms with Gasteiger partial charge in [0.25, 0.3) is 0 Å². The van der Waals surface area contributed by atoms with Crippen LogP contribution in [0.3, 0.4) is 0 Å². The van der Waals surface area contributed by atoms with Gasteiger partial charge in [-0.25, -0.2) is 0 Å². The first-order valence-electron chi connectivity index (χ1n) is 7.94. The van der Waals surface area contributed by atoms with Gasteiger partial charge in [0.15, 0.2) is 0 Å². The summed E-state index contributed by atoms with van der Waals surface area (Å²) in [6.07, 6.45) is 2.49. The van der Waals surface area contributed by atoms with E-state index >= 15 is 0 Å². The maximum atomic E-state index is 12.0. The number of hydrogen-bond acceptors (Lipinski definition) is 3. The SMILES string of the molecule is CCOCCCNC(=O)CCC1Cc2ccccc2NC1=O. The van der Waals surface area contributed by atoms with Crippen molar-refractivity contribution in [2.45, 2.75) is 32.6 Å². The molecule has 1 aliphatic rings. The van der Waals surface area contributed by atoms with E-state index < -0.39 is 0 Å². The van der Waals surface area contributed by atoms with E-state index in [1.165, 1.54) is 0 Å². The number of hydrogen-bond donors (Lipinski definition) is 2. The van der Waals surface area contributed by atoms with Crippen molar-refractivity contribution >= 4 is 17.5 Å². The van der Waals surface area contributed by atoms with Crippen LogP contribution < -0.4 is 10.6 Å². The molecule has 0 fully saturated rings. The van der Waals surface area contributed by atoms with Crippen molar-refractivity contribution in [3.8, 4) is 0 Å². The maximum Gasteiger partial charge on any atom is 0.227 e. The Morgan fingerprint density at radius 3 is 3.05 bits per heavy atom. The van der Waals surface area contributed by atoms with E-state index in [0.29, 0.717) is 39.0 Å². The fourth-order valence-electron chi connectivity index (χ4n) is 2.59. The summed E-state index contributed by atoms with van der Waals surface area (Å²) in [6, 6.07) is 7.82.